The Kier molecular flexibility index (Phi) is 7.06. The van der Waals surface area contributed by atoms with E-state index < -0.39 is 6.10 Å². The first-order valence-corrected chi connectivity index (χ1v) is 9.88. The van der Waals surface area contributed by atoms with E-state index in [0.29, 0.717) is 24.8 Å². The second-order valence-corrected chi connectivity index (χ2v) is 8.28. The number of ketones is 1. The maximum atomic E-state index is 11.9. The summed E-state index contributed by atoms with van der Waals surface area (Å²) in [5.74, 6) is 0.121. The van der Waals surface area contributed by atoms with Gasteiger partial charge in [0.15, 0.2) is 0 Å². The summed E-state index contributed by atoms with van der Waals surface area (Å²) in [5, 5.41) is 21.0. The van der Waals surface area contributed by atoms with Gasteiger partial charge in [0.2, 0.25) is 0 Å². The molecular formula is C22H34O3. The number of unbranched alkanes of at least 4 members (excludes halogenated alkanes) is 3. The molecule has 25 heavy (non-hydrogen) atoms. The molecule has 0 aromatic heterocycles. The van der Waals surface area contributed by atoms with Gasteiger partial charge in [0.25, 0.3) is 0 Å². The fourth-order valence-electron chi connectivity index (χ4n) is 3.93. The van der Waals surface area contributed by atoms with E-state index in [1.54, 1.807) is 0 Å². The van der Waals surface area contributed by atoms with Crippen molar-refractivity contribution in [2.45, 2.75) is 96.0 Å². The summed E-state index contributed by atoms with van der Waals surface area (Å²) in [6.07, 6.45) is 7.72. The standard InChI is InChI=1S/C22H34O3/c1-4-5-6-7-13-22(2,3)16-11-12-18(21(25)14-16)19-15-17(23)9-8-10-20(19)24/h11-12,14,19-20,24-25H,4-10,13,15H2,1-3H3. The molecule has 140 valence electrons. The molecule has 1 aliphatic rings. The first kappa shape index (κ1) is 20.0. The lowest BCUT2D eigenvalue weighted by molar-refractivity contribution is -0.119. The number of aliphatic hydroxyl groups excluding tert-OH is 1. The van der Waals surface area contributed by atoms with Crippen molar-refractivity contribution in [1.82, 2.24) is 0 Å². The number of benzene rings is 1. The van der Waals surface area contributed by atoms with Gasteiger partial charge >= 0.3 is 0 Å². The van der Waals surface area contributed by atoms with E-state index in [1.807, 2.05) is 12.1 Å². The molecule has 2 N–H and O–H groups in total. The minimum Gasteiger partial charge on any atom is -0.508 e. The van der Waals surface area contributed by atoms with Crippen molar-refractivity contribution in [2.75, 3.05) is 0 Å². The quantitative estimate of drug-likeness (QED) is 0.525. The lowest BCUT2D eigenvalue weighted by Crippen LogP contribution is -2.20. The molecule has 0 heterocycles. The van der Waals surface area contributed by atoms with E-state index in [2.05, 4.69) is 26.8 Å². The van der Waals surface area contributed by atoms with E-state index in [9.17, 15) is 15.0 Å². The molecule has 1 fully saturated rings. The molecule has 0 saturated heterocycles. The normalized spacial score (nSPS) is 22.0. The molecule has 0 bridgehead atoms. The maximum absolute atomic E-state index is 11.9. The van der Waals surface area contributed by atoms with Crippen LogP contribution in [0, 0.1) is 0 Å². The first-order valence-electron chi connectivity index (χ1n) is 9.88. The van der Waals surface area contributed by atoms with Crippen molar-refractivity contribution < 1.29 is 15.0 Å². The van der Waals surface area contributed by atoms with Gasteiger partial charge in [0.1, 0.15) is 11.5 Å². The van der Waals surface area contributed by atoms with Crippen LogP contribution in [0.3, 0.4) is 0 Å². The highest BCUT2D eigenvalue weighted by Crippen LogP contribution is 2.39. The Morgan fingerprint density at radius 2 is 1.96 bits per heavy atom. The van der Waals surface area contributed by atoms with E-state index in [4.69, 9.17) is 0 Å². The molecule has 3 heteroatoms. The molecule has 0 spiro atoms. The molecule has 1 saturated carbocycles. The van der Waals surface area contributed by atoms with Crippen LogP contribution in [0.4, 0.5) is 0 Å². The number of rotatable bonds is 7. The lowest BCUT2D eigenvalue weighted by Gasteiger charge is -2.27. The Balaban J connectivity index is 2.15. The summed E-state index contributed by atoms with van der Waals surface area (Å²) in [7, 11) is 0. The fourth-order valence-corrected chi connectivity index (χ4v) is 3.93. The number of carbonyl (C=O) groups excluding carboxylic acids is 1. The summed E-state index contributed by atoms with van der Waals surface area (Å²) < 4.78 is 0. The molecule has 2 rings (SSSR count). The summed E-state index contributed by atoms with van der Waals surface area (Å²) >= 11 is 0. The molecule has 0 amide bonds. The first-order chi connectivity index (χ1) is 11.8. The van der Waals surface area contributed by atoms with Gasteiger partial charge in [-0.3, -0.25) is 4.79 Å². The van der Waals surface area contributed by atoms with Gasteiger partial charge < -0.3 is 10.2 Å². The van der Waals surface area contributed by atoms with E-state index in [1.165, 1.54) is 25.7 Å². The molecule has 0 aliphatic heterocycles. The summed E-state index contributed by atoms with van der Waals surface area (Å²) in [6, 6.07) is 5.83. The van der Waals surface area contributed by atoms with Gasteiger partial charge in [0, 0.05) is 18.8 Å². The monoisotopic (exact) mass is 346 g/mol. The SMILES string of the molecule is CCCCCCC(C)(C)c1ccc(C2CC(=O)CCCC2O)c(O)c1. The van der Waals surface area contributed by atoms with Gasteiger partial charge in [-0.2, -0.15) is 0 Å². The van der Waals surface area contributed by atoms with Crippen LogP contribution in [0.25, 0.3) is 0 Å². The van der Waals surface area contributed by atoms with Crippen molar-refractivity contribution >= 4 is 5.78 Å². The predicted molar refractivity (Wildman–Crippen MR) is 102 cm³/mol. The number of phenolic OH excluding ortho intramolecular Hbond substituents is 1. The second kappa shape index (κ2) is 8.84. The van der Waals surface area contributed by atoms with Crippen molar-refractivity contribution in [3.05, 3.63) is 29.3 Å². The van der Waals surface area contributed by atoms with Crippen LogP contribution in [0.5, 0.6) is 5.75 Å². The Morgan fingerprint density at radius 3 is 2.64 bits per heavy atom. The molecule has 1 aromatic rings. The van der Waals surface area contributed by atoms with Crippen LogP contribution < -0.4 is 0 Å². The Hall–Kier alpha value is -1.35. The van der Waals surface area contributed by atoms with Crippen molar-refractivity contribution in [2.24, 2.45) is 0 Å². The molecule has 2 atom stereocenters. The third-order valence-corrected chi connectivity index (χ3v) is 5.73. The zero-order valence-corrected chi connectivity index (χ0v) is 16.1. The highest BCUT2D eigenvalue weighted by molar-refractivity contribution is 5.79. The van der Waals surface area contributed by atoms with Gasteiger partial charge in [-0.05, 0) is 41.9 Å². The number of carbonyl (C=O) groups is 1. The lowest BCUT2D eigenvalue weighted by atomic mass is 9.78. The third-order valence-electron chi connectivity index (χ3n) is 5.73. The molecule has 3 nitrogen and oxygen atoms in total. The van der Waals surface area contributed by atoms with Crippen molar-refractivity contribution in [1.29, 1.82) is 0 Å². The predicted octanol–water partition coefficient (Wildman–Crippen LogP) is 5.23. The topological polar surface area (TPSA) is 57.5 Å². The summed E-state index contributed by atoms with van der Waals surface area (Å²) in [4.78, 5) is 11.9. The zero-order valence-electron chi connectivity index (χ0n) is 16.1. The van der Waals surface area contributed by atoms with E-state index >= 15 is 0 Å². The highest BCUT2D eigenvalue weighted by Gasteiger charge is 2.30. The second-order valence-electron chi connectivity index (χ2n) is 8.28. The van der Waals surface area contributed by atoms with E-state index in [0.717, 1.165) is 18.4 Å². The number of aliphatic hydroxyl groups is 1. The van der Waals surface area contributed by atoms with E-state index in [-0.39, 0.29) is 22.9 Å². The minimum atomic E-state index is -0.551. The third kappa shape index (κ3) is 5.31. The fraction of sp³-hybridized carbons (Fsp3) is 0.682. The average Bonchev–Trinajstić information content (AvgIpc) is 2.72. The number of Topliss-reactive ketones (excluding diaryl/α,β-unsaturated/α-hetero) is 1. The van der Waals surface area contributed by atoms with Gasteiger partial charge in [-0.1, -0.05) is 58.6 Å². The molecule has 1 aromatic carbocycles. The smallest absolute Gasteiger partial charge is 0.133 e. The number of hydrogen-bond donors (Lipinski definition) is 2. The van der Waals surface area contributed by atoms with Gasteiger partial charge in [-0.15, -0.1) is 0 Å². The average molecular weight is 347 g/mol. The summed E-state index contributed by atoms with van der Waals surface area (Å²) in [5.41, 5.74) is 1.86. The number of aromatic hydroxyl groups is 1. The highest BCUT2D eigenvalue weighted by atomic mass is 16.3. The van der Waals surface area contributed by atoms with Crippen LogP contribution >= 0.6 is 0 Å². The Morgan fingerprint density at radius 1 is 1.20 bits per heavy atom. The largest absolute Gasteiger partial charge is 0.508 e. The van der Waals surface area contributed by atoms with Crippen LogP contribution in [0.1, 0.15) is 95.6 Å². The van der Waals surface area contributed by atoms with Gasteiger partial charge in [-0.25, -0.2) is 0 Å². The number of phenols is 1. The molecule has 2 unspecified atom stereocenters. The minimum absolute atomic E-state index is 0.0155. The molecular weight excluding hydrogens is 312 g/mol. The Bertz CT molecular complexity index is 577. The van der Waals surface area contributed by atoms with Gasteiger partial charge in [0.05, 0.1) is 6.10 Å². The van der Waals surface area contributed by atoms with Crippen LogP contribution in [-0.4, -0.2) is 22.1 Å². The zero-order chi connectivity index (χ0) is 18.4. The van der Waals surface area contributed by atoms with Crippen LogP contribution in [0.2, 0.25) is 0 Å². The number of hydrogen-bond acceptors (Lipinski definition) is 3. The molecule has 1 aliphatic carbocycles. The molecule has 0 radical (unpaired) electrons. The van der Waals surface area contributed by atoms with Crippen molar-refractivity contribution in [3.8, 4) is 5.75 Å². The van der Waals surface area contributed by atoms with Crippen LogP contribution in [-0.2, 0) is 10.2 Å². The van der Waals surface area contributed by atoms with Crippen LogP contribution in [0.15, 0.2) is 18.2 Å². The van der Waals surface area contributed by atoms with Crippen molar-refractivity contribution in [3.63, 3.8) is 0 Å². The maximum Gasteiger partial charge on any atom is 0.133 e. The summed E-state index contributed by atoms with van der Waals surface area (Å²) in [6.45, 7) is 6.66. The Labute approximate surface area is 152 Å².